The number of rotatable bonds is 8. The first-order valence-corrected chi connectivity index (χ1v) is 12.8. The number of nitrogens with zero attached hydrogens (tertiary/aromatic N) is 5. The van der Waals surface area contributed by atoms with Crippen LogP contribution in [0, 0.1) is 5.92 Å². The van der Waals surface area contributed by atoms with Crippen molar-refractivity contribution in [2.24, 2.45) is 5.92 Å². The maximum atomic E-state index is 12.2. The number of fused-ring (bicyclic) bond motifs is 1. The molecule has 1 saturated heterocycles. The summed E-state index contributed by atoms with van der Waals surface area (Å²) in [6.07, 6.45) is 6.78. The van der Waals surface area contributed by atoms with Crippen LogP contribution in [0.5, 0.6) is 0 Å². The van der Waals surface area contributed by atoms with Crippen molar-refractivity contribution in [2.45, 2.75) is 33.2 Å². The summed E-state index contributed by atoms with van der Waals surface area (Å²) in [7, 11) is 0. The zero-order chi connectivity index (χ0) is 24.9. The zero-order valence-electron chi connectivity index (χ0n) is 21.1. The first-order chi connectivity index (χ1) is 17.5. The molecule has 6 heteroatoms. The lowest BCUT2D eigenvalue weighted by molar-refractivity contribution is -0.119. The molecule has 0 spiro atoms. The average Bonchev–Trinajstić information content (AvgIpc) is 2.89. The number of pyridine rings is 1. The smallest absolute Gasteiger partial charge is 0.147 e. The number of hydrogen-bond donors (Lipinski definition) is 0. The lowest BCUT2D eigenvalue weighted by atomic mass is 9.98. The van der Waals surface area contributed by atoms with Crippen molar-refractivity contribution in [1.82, 2.24) is 19.9 Å². The third-order valence-corrected chi connectivity index (χ3v) is 6.68. The van der Waals surface area contributed by atoms with E-state index >= 15 is 0 Å². The van der Waals surface area contributed by atoms with Gasteiger partial charge in [-0.25, -0.2) is 4.98 Å². The molecular formula is C30H33N5O. The number of anilines is 1. The Hall–Kier alpha value is -3.64. The summed E-state index contributed by atoms with van der Waals surface area (Å²) in [5.41, 5.74) is 6.34. The van der Waals surface area contributed by atoms with Crippen LogP contribution < -0.4 is 4.90 Å². The van der Waals surface area contributed by atoms with Crippen LogP contribution in [0.15, 0.2) is 73.2 Å². The Labute approximate surface area is 213 Å². The molecule has 3 heterocycles. The number of benzene rings is 2. The SMILES string of the molecule is CC(C)CC(=O)Cc1ccc(-c2ccc3ncc(N4CCN(Cc5cccnc5)CC4)nc3c2)cc1. The Kier molecular flexibility index (Phi) is 7.33. The maximum Gasteiger partial charge on any atom is 0.147 e. The normalized spacial score (nSPS) is 14.5. The van der Waals surface area contributed by atoms with Gasteiger partial charge in [-0.05, 0) is 46.4 Å². The lowest BCUT2D eigenvalue weighted by Gasteiger charge is -2.35. The predicted molar refractivity (Wildman–Crippen MR) is 145 cm³/mol. The van der Waals surface area contributed by atoms with Gasteiger partial charge < -0.3 is 4.90 Å². The molecule has 36 heavy (non-hydrogen) atoms. The fraction of sp³-hybridized carbons (Fsp3) is 0.333. The van der Waals surface area contributed by atoms with Crippen LogP contribution in [0.4, 0.5) is 5.82 Å². The van der Waals surface area contributed by atoms with Crippen molar-refractivity contribution >= 4 is 22.6 Å². The molecule has 2 aromatic carbocycles. The maximum absolute atomic E-state index is 12.2. The summed E-state index contributed by atoms with van der Waals surface area (Å²) in [5, 5.41) is 0. The lowest BCUT2D eigenvalue weighted by Crippen LogP contribution is -2.46. The molecule has 0 radical (unpaired) electrons. The van der Waals surface area contributed by atoms with Crippen LogP contribution in [0.25, 0.3) is 22.2 Å². The molecule has 2 aromatic heterocycles. The van der Waals surface area contributed by atoms with Gasteiger partial charge in [0.1, 0.15) is 11.6 Å². The van der Waals surface area contributed by atoms with Crippen LogP contribution >= 0.6 is 0 Å². The van der Waals surface area contributed by atoms with Gasteiger partial charge >= 0.3 is 0 Å². The Morgan fingerprint density at radius 2 is 1.67 bits per heavy atom. The molecule has 1 fully saturated rings. The van der Waals surface area contributed by atoms with Gasteiger partial charge in [0, 0.05) is 58.0 Å². The van der Waals surface area contributed by atoms with E-state index in [1.54, 1.807) is 0 Å². The molecule has 5 rings (SSSR count). The molecule has 4 aromatic rings. The monoisotopic (exact) mass is 479 g/mol. The Morgan fingerprint density at radius 3 is 2.39 bits per heavy atom. The summed E-state index contributed by atoms with van der Waals surface area (Å²) < 4.78 is 0. The molecule has 6 nitrogen and oxygen atoms in total. The highest BCUT2D eigenvalue weighted by Crippen LogP contribution is 2.25. The summed E-state index contributed by atoms with van der Waals surface area (Å²) in [4.78, 5) is 30.8. The van der Waals surface area contributed by atoms with E-state index in [2.05, 4.69) is 76.1 Å². The van der Waals surface area contributed by atoms with Gasteiger partial charge in [-0.3, -0.25) is 19.7 Å². The number of hydrogen-bond acceptors (Lipinski definition) is 6. The van der Waals surface area contributed by atoms with Gasteiger partial charge in [0.2, 0.25) is 0 Å². The van der Waals surface area contributed by atoms with Crippen LogP contribution in [0.3, 0.4) is 0 Å². The topological polar surface area (TPSA) is 62.2 Å². The average molecular weight is 480 g/mol. The van der Waals surface area contributed by atoms with E-state index in [4.69, 9.17) is 4.98 Å². The highest BCUT2D eigenvalue weighted by Gasteiger charge is 2.19. The largest absolute Gasteiger partial charge is 0.353 e. The highest BCUT2D eigenvalue weighted by molar-refractivity contribution is 5.83. The fourth-order valence-corrected chi connectivity index (χ4v) is 4.79. The van der Waals surface area contributed by atoms with Gasteiger partial charge in [-0.2, -0.15) is 0 Å². The van der Waals surface area contributed by atoms with Crippen molar-refractivity contribution in [3.63, 3.8) is 0 Å². The number of piperazine rings is 1. The number of ketones is 1. The van der Waals surface area contributed by atoms with Gasteiger partial charge in [0.05, 0.1) is 17.2 Å². The highest BCUT2D eigenvalue weighted by atomic mass is 16.1. The van der Waals surface area contributed by atoms with Crippen LogP contribution in [-0.4, -0.2) is 51.8 Å². The minimum absolute atomic E-state index is 0.296. The van der Waals surface area contributed by atoms with Crippen molar-refractivity contribution in [1.29, 1.82) is 0 Å². The van der Waals surface area contributed by atoms with E-state index < -0.39 is 0 Å². The van der Waals surface area contributed by atoms with Crippen LogP contribution in [0.1, 0.15) is 31.4 Å². The van der Waals surface area contributed by atoms with Crippen molar-refractivity contribution in [3.8, 4) is 11.1 Å². The molecule has 0 saturated carbocycles. The number of aromatic nitrogens is 3. The van der Waals surface area contributed by atoms with Crippen molar-refractivity contribution in [3.05, 3.63) is 84.3 Å². The summed E-state index contributed by atoms with van der Waals surface area (Å²) >= 11 is 0. The third kappa shape index (κ3) is 5.94. The standard InChI is InChI=1S/C30H33N5O/c1-22(2)16-27(36)17-23-5-7-25(8-6-23)26-9-10-28-29(18-26)33-30(20-32-28)35-14-12-34(13-15-35)21-24-4-3-11-31-19-24/h3-11,18-20,22H,12-17,21H2,1-2H3. The molecule has 1 aliphatic heterocycles. The van der Waals surface area contributed by atoms with Crippen molar-refractivity contribution in [2.75, 3.05) is 31.1 Å². The Balaban J connectivity index is 1.26. The van der Waals surface area contributed by atoms with E-state index in [0.717, 1.165) is 66.3 Å². The predicted octanol–water partition coefficient (Wildman–Crippen LogP) is 5.17. The van der Waals surface area contributed by atoms with E-state index in [0.29, 0.717) is 24.5 Å². The third-order valence-electron chi connectivity index (χ3n) is 6.68. The van der Waals surface area contributed by atoms with E-state index in [-0.39, 0.29) is 0 Å². The van der Waals surface area contributed by atoms with Crippen molar-refractivity contribution < 1.29 is 4.79 Å². The summed E-state index contributed by atoms with van der Waals surface area (Å²) in [6.45, 7) is 8.92. The molecule has 0 N–H and O–H groups in total. The molecule has 0 bridgehead atoms. The molecule has 184 valence electrons. The molecule has 0 aliphatic carbocycles. The number of carbonyl (C=O) groups excluding carboxylic acids is 1. The van der Waals surface area contributed by atoms with Crippen LogP contribution in [-0.2, 0) is 17.8 Å². The second kappa shape index (κ2) is 11.0. The minimum Gasteiger partial charge on any atom is -0.353 e. The van der Waals surface area contributed by atoms with E-state index in [1.165, 1.54) is 5.56 Å². The molecule has 0 amide bonds. The Bertz CT molecular complexity index is 1310. The fourth-order valence-electron chi connectivity index (χ4n) is 4.79. The Morgan fingerprint density at radius 1 is 0.889 bits per heavy atom. The van der Waals surface area contributed by atoms with Gasteiger partial charge in [0.15, 0.2) is 0 Å². The summed E-state index contributed by atoms with van der Waals surface area (Å²) in [5.74, 6) is 1.62. The quantitative estimate of drug-likeness (QED) is 0.347. The van der Waals surface area contributed by atoms with E-state index in [1.807, 2.05) is 30.7 Å². The zero-order valence-corrected chi connectivity index (χ0v) is 21.1. The number of carbonyl (C=O) groups is 1. The molecule has 1 aliphatic rings. The first kappa shape index (κ1) is 24.1. The van der Waals surface area contributed by atoms with Gasteiger partial charge in [-0.1, -0.05) is 50.2 Å². The number of Topliss-reactive ketones (excluding diaryl/α,β-unsaturated/α-hetero) is 1. The summed E-state index contributed by atoms with van der Waals surface area (Å²) in [6, 6.07) is 18.7. The van der Waals surface area contributed by atoms with Crippen LogP contribution in [0.2, 0.25) is 0 Å². The molecular weight excluding hydrogens is 446 g/mol. The van der Waals surface area contributed by atoms with Gasteiger partial charge in [-0.15, -0.1) is 0 Å². The second-order valence-corrected chi connectivity index (χ2v) is 10.1. The first-order valence-electron chi connectivity index (χ1n) is 12.8. The molecule has 0 unspecified atom stereocenters. The second-order valence-electron chi connectivity index (χ2n) is 10.1. The molecule has 0 atom stereocenters. The minimum atomic E-state index is 0.296. The van der Waals surface area contributed by atoms with E-state index in [9.17, 15) is 4.79 Å². The van der Waals surface area contributed by atoms with Gasteiger partial charge in [0.25, 0.3) is 0 Å².